The zero-order chi connectivity index (χ0) is 20.9. The molecule has 2 fully saturated rings. The molecule has 9 heteroatoms. The summed E-state index contributed by atoms with van der Waals surface area (Å²) in [6.45, 7) is 3.78. The number of rotatable bonds is 4. The van der Waals surface area contributed by atoms with Crippen LogP contribution in [0.5, 0.6) is 0 Å². The summed E-state index contributed by atoms with van der Waals surface area (Å²) in [7, 11) is -1.24. The Labute approximate surface area is 175 Å². The van der Waals surface area contributed by atoms with Gasteiger partial charge in [-0.2, -0.15) is 0 Å². The fourth-order valence-electron chi connectivity index (χ4n) is 3.65. The Balaban J connectivity index is 1.72. The molecule has 1 aliphatic carbocycles. The van der Waals surface area contributed by atoms with Gasteiger partial charge in [-0.25, -0.2) is 13.8 Å². The Kier molecular flexibility index (Phi) is 5.33. The van der Waals surface area contributed by atoms with Crippen LogP contribution < -0.4 is 9.80 Å². The van der Waals surface area contributed by atoms with E-state index in [1.807, 2.05) is 26.0 Å². The second kappa shape index (κ2) is 7.65. The maximum Gasteiger partial charge on any atom is 0.251 e. The van der Waals surface area contributed by atoms with Crippen LogP contribution in [0, 0.1) is 25.5 Å². The third-order valence-corrected chi connectivity index (χ3v) is 6.61. The highest BCUT2D eigenvalue weighted by Gasteiger charge is 2.44. The van der Waals surface area contributed by atoms with Crippen LogP contribution in [-0.2, 0) is 15.6 Å². The van der Waals surface area contributed by atoms with Gasteiger partial charge >= 0.3 is 0 Å². The molecular weight excluding hydrogens is 420 g/mol. The average Bonchev–Trinajstić information content (AvgIpc) is 3.39. The van der Waals surface area contributed by atoms with E-state index in [0.29, 0.717) is 11.9 Å². The summed E-state index contributed by atoms with van der Waals surface area (Å²) < 4.78 is 40.5. The summed E-state index contributed by atoms with van der Waals surface area (Å²) >= 11 is 5.85. The molecule has 154 valence electrons. The first-order valence-electron chi connectivity index (χ1n) is 9.29. The van der Waals surface area contributed by atoms with E-state index in [-0.39, 0.29) is 34.3 Å². The minimum absolute atomic E-state index is 0.0464. The summed E-state index contributed by atoms with van der Waals surface area (Å²) in [5.41, 5.74) is 1.72. The van der Waals surface area contributed by atoms with E-state index < -0.39 is 28.5 Å². The van der Waals surface area contributed by atoms with E-state index in [1.54, 1.807) is 4.90 Å². The molecule has 0 N–H and O–H groups in total. The molecule has 1 aromatic carbocycles. The quantitative estimate of drug-likeness (QED) is 0.681. The van der Waals surface area contributed by atoms with Gasteiger partial charge in [0.2, 0.25) is 0 Å². The van der Waals surface area contributed by atoms with Crippen LogP contribution in [0.25, 0.3) is 0 Å². The number of pyridine rings is 1. The number of hydrogen-bond donors (Lipinski definition) is 0. The van der Waals surface area contributed by atoms with Gasteiger partial charge in [0.05, 0.1) is 22.3 Å². The highest BCUT2D eigenvalue weighted by molar-refractivity contribution is 7.85. The monoisotopic (exact) mass is 439 g/mol. The largest absolute Gasteiger partial charge is 0.332 e. The van der Waals surface area contributed by atoms with Gasteiger partial charge in [0.1, 0.15) is 23.5 Å². The zero-order valence-corrected chi connectivity index (χ0v) is 17.6. The molecule has 1 aromatic heterocycles. The van der Waals surface area contributed by atoms with Crippen LogP contribution in [0.15, 0.2) is 24.3 Å². The molecule has 2 atom stereocenters. The second-order valence-corrected chi connectivity index (χ2v) is 9.40. The van der Waals surface area contributed by atoms with Crippen molar-refractivity contribution in [2.75, 3.05) is 21.4 Å². The second-order valence-electron chi connectivity index (χ2n) is 7.52. The lowest BCUT2D eigenvalue weighted by atomic mass is 10.2. The standard InChI is InChI=1S/C20H20ClF2N3O2S/c1-11-5-12(2)24-19(6-11)25-10-29(28)9-18(25)20(27)26(13-3-4-13)17-7-14(21)15(22)8-16(17)23/h5-8,13,18H,3-4,9-10H2,1-2H3/t18-,29?/m1/s1. The Morgan fingerprint density at radius 3 is 2.59 bits per heavy atom. The van der Waals surface area contributed by atoms with E-state index in [1.165, 1.54) is 4.90 Å². The van der Waals surface area contributed by atoms with E-state index in [4.69, 9.17) is 11.6 Å². The molecule has 1 unspecified atom stereocenters. The van der Waals surface area contributed by atoms with Crippen LogP contribution in [-0.4, -0.2) is 38.8 Å². The van der Waals surface area contributed by atoms with Crippen molar-refractivity contribution in [1.82, 2.24) is 4.98 Å². The Morgan fingerprint density at radius 1 is 1.21 bits per heavy atom. The number of anilines is 2. The van der Waals surface area contributed by atoms with E-state index in [9.17, 15) is 17.8 Å². The number of aryl methyl sites for hydroxylation is 2. The lowest BCUT2D eigenvalue weighted by molar-refractivity contribution is -0.119. The van der Waals surface area contributed by atoms with Gasteiger partial charge in [-0.05, 0) is 50.5 Å². The van der Waals surface area contributed by atoms with Gasteiger partial charge < -0.3 is 9.80 Å². The van der Waals surface area contributed by atoms with Gasteiger partial charge in [-0.3, -0.25) is 9.00 Å². The molecule has 1 amide bonds. The van der Waals surface area contributed by atoms with Crippen LogP contribution in [0.4, 0.5) is 20.3 Å². The number of benzene rings is 1. The van der Waals surface area contributed by atoms with E-state index in [2.05, 4.69) is 4.98 Å². The topological polar surface area (TPSA) is 53.5 Å². The molecule has 5 nitrogen and oxygen atoms in total. The first-order chi connectivity index (χ1) is 13.7. The number of aromatic nitrogens is 1. The smallest absolute Gasteiger partial charge is 0.251 e. The summed E-state index contributed by atoms with van der Waals surface area (Å²) in [6.07, 6.45) is 1.44. The number of nitrogens with zero attached hydrogens (tertiary/aromatic N) is 3. The van der Waals surface area contributed by atoms with Crippen LogP contribution in [0.2, 0.25) is 5.02 Å². The summed E-state index contributed by atoms with van der Waals surface area (Å²) in [4.78, 5) is 21.1. The van der Waals surface area contributed by atoms with E-state index >= 15 is 0 Å². The van der Waals surface area contributed by atoms with Gasteiger partial charge in [-0.15, -0.1) is 0 Å². The number of carbonyl (C=O) groups excluding carboxylic acids is 1. The number of halogens is 3. The third kappa shape index (κ3) is 4.00. The van der Waals surface area contributed by atoms with Crippen molar-refractivity contribution >= 4 is 39.8 Å². The number of carbonyl (C=O) groups is 1. The van der Waals surface area contributed by atoms with Gasteiger partial charge in [0.25, 0.3) is 5.91 Å². The van der Waals surface area contributed by atoms with Crippen molar-refractivity contribution in [1.29, 1.82) is 0 Å². The lowest BCUT2D eigenvalue weighted by Gasteiger charge is -2.31. The number of hydrogen-bond acceptors (Lipinski definition) is 4. The average molecular weight is 440 g/mol. The summed E-state index contributed by atoms with van der Waals surface area (Å²) in [6, 6.07) is 4.67. The van der Waals surface area contributed by atoms with Crippen molar-refractivity contribution in [2.45, 2.75) is 38.8 Å². The Morgan fingerprint density at radius 2 is 1.93 bits per heavy atom. The molecule has 2 aromatic rings. The first-order valence-corrected chi connectivity index (χ1v) is 11.2. The molecule has 29 heavy (non-hydrogen) atoms. The SMILES string of the molecule is Cc1cc(C)nc(N2CS(=O)C[C@@H]2C(=O)N(c2cc(Cl)c(F)cc2F)C2CC2)c1. The summed E-state index contributed by atoms with van der Waals surface area (Å²) in [5.74, 6) is -1.22. The minimum Gasteiger partial charge on any atom is -0.332 e. The highest BCUT2D eigenvalue weighted by atomic mass is 35.5. The van der Waals surface area contributed by atoms with Crippen molar-refractivity contribution in [2.24, 2.45) is 0 Å². The Bertz CT molecular complexity index is 995. The zero-order valence-electron chi connectivity index (χ0n) is 16.0. The molecule has 0 spiro atoms. The molecule has 1 aliphatic heterocycles. The van der Waals surface area contributed by atoms with Crippen molar-refractivity contribution in [3.63, 3.8) is 0 Å². The van der Waals surface area contributed by atoms with Crippen molar-refractivity contribution < 1.29 is 17.8 Å². The van der Waals surface area contributed by atoms with Crippen molar-refractivity contribution in [3.05, 3.63) is 52.2 Å². The predicted octanol–water partition coefficient (Wildman–Crippen LogP) is 3.72. The normalized spacial score (nSPS) is 21.5. The lowest BCUT2D eigenvalue weighted by Crippen LogP contribution is -2.49. The third-order valence-electron chi connectivity index (χ3n) is 5.07. The molecule has 1 saturated heterocycles. The van der Waals surface area contributed by atoms with Crippen LogP contribution >= 0.6 is 11.6 Å². The van der Waals surface area contributed by atoms with Gasteiger partial charge in [0.15, 0.2) is 0 Å². The van der Waals surface area contributed by atoms with Crippen LogP contribution in [0.3, 0.4) is 0 Å². The van der Waals surface area contributed by atoms with Gasteiger partial charge in [0, 0.05) is 28.6 Å². The summed E-state index contributed by atoms with van der Waals surface area (Å²) in [5, 5.41) is -0.248. The maximum absolute atomic E-state index is 14.5. The molecule has 0 bridgehead atoms. The molecule has 0 radical (unpaired) electrons. The molecular formula is C20H20ClF2N3O2S. The number of amides is 1. The minimum atomic E-state index is -1.24. The van der Waals surface area contributed by atoms with Crippen molar-refractivity contribution in [3.8, 4) is 0 Å². The van der Waals surface area contributed by atoms with Crippen LogP contribution in [0.1, 0.15) is 24.1 Å². The fourth-order valence-corrected chi connectivity index (χ4v) is 5.21. The van der Waals surface area contributed by atoms with Gasteiger partial charge in [-0.1, -0.05) is 11.6 Å². The Hall–Kier alpha value is -2.06. The maximum atomic E-state index is 14.5. The highest BCUT2D eigenvalue weighted by Crippen LogP contribution is 2.37. The fraction of sp³-hybridized carbons (Fsp3) is 0.400. The predicted molar refractivity (Wildman–Crippen MR) is 110 cm³/mol. The molecule has 2 aliphatic rings. The molecule has 4 rings (SSSR count). The first kappa shape index (κ1) is 20.2. The molecule has 1 saturated carbocycles. The van der Waals surface area contributed by atoms with E-state index in [0.717, 1.165) is 30.2 Å². The molecule has 2 heterocycles.